The zero-order valence-corrected chi connectivity index (χ0v) is 10.6. The Hall–Kier alpha value is -1.43. The van der Waals surface area contributed by atoms with Gasteiger partial charge in [0.05, 0.1) is 17.5 Å². The van der Waals surface area contributed by atoms with Crippen LogP contribution in [-0.2, 0) is 6.54 Å². The number of hydrogen-bond acceptors (Lipinski definition) is 5. The van der Waals surface area contributed by atoms with E-state index < -0.39 is 0 Å². The van der Waals surface area contributed by atoms with Gasteiger partial charge in [0, 0.05) is 12.5 Å². The molecule has 0 atom stereocenters. The van der Waals surface area contributed by atoms with Gasteiger partial charge in [0.1, 0.15) is 0 Å². The number of nitrogen functional groups attached to an aromatic ring is 1. The molecular weight excluding hydrogens is 234 g/mol. The summed E-state index contributed by atoms with van der Waals surface area (Å²) in [4.78, 5) is 0. The molecule has 1 fully saturated rings. The van der Waals surface area contributed by atoms with Gasteiger partial charge in [0.15, 0.2) is 5.01 Å². The highest BCUT2D eigenvalue weighted by atomic mass is 32.1. The van der Waals surface area contributed by atoms with Crippen LogP contribution < -0.4 is 5.73 Å². The van der Waals surface area contributed by atoms with Gasteiger partial charge >= 0.3 is 0 Å². The van der Waals surface area contributed by atoms with Crippen LogP contribution in [0.3, 0.4) is 0 Å². The van der Waals surface area contributed by atoms with Crippen molar-refractivity contribution in [3.63, 3.8) is 0 Å². The van der Waals surface area contributed by atoms with Crippen LogP contribution in [0.5, 0.6) is 0 Å². The van der Waals surface area contributed by atoms with E-state index in [1.165, 1.54) is 29.9 Å². The van der Waals surface area contributed by atoms with E-state index in [1.807, 2.05) is 6.20 Å². The van der Waals surface area contributed by atoms with Gasteiger partial charge in [-0.1, -0.05) is 18.3 Å². The maximum absolute atomic E-state index is 5.64. The molecule has 0 bridgehead atoms. The number of anilines is 1. The van der Waals surface area contributed by atoms with Crippen molar-refractivity contribution in [3.05, 3.63) is 11.9 Å². The van der Waals surface area contributed by atoms with Crippen LogP contribution in [0.2, 0.25) is 0 Å². The summed E-state index contributed by atoms with van der Waals surface area (Å²) < 4.78 is 2.12. The standard InChI is InChI=1S/C11H15N5S/c1-2-5-16-9(7-3-4-7)8(6-13-16)10-14-15-11(12)17-10/h6-7H,2-5H2,1H3,(H2,12,15). The first-order valence-corrected chi connectivity index (χ1v) is 6.76. The van der Waals surface area contributed by atoms with Crippen LogP contribution >= 0.6 is 11.3 Å². The maximum atomic E-state index is 5.64. The smallest absolute Gasteiger partial charge is 0.203 e. The van der Waals surface area contributed by atoms with Crippen molar-refractivity contribution >= 4 is 16.5 Å². The fraction of sp³-hybridized carbons (Fsp3) is 0.545. The van der Waals surface area contributed by atoms with E-state index in [9.17, 15) is 0 Å². The molecule has 0 amide bonds. The quantitative estimate of drug-likeness (QED) is 0.902. The van der Waals surface area contributed by atoms with E-state index in [2.05, 4.69) is 26.9 Å². The molecule has 1 saturated carbocycles. The molecule has 1 aliphatic rings. The van der Waals surface area contributed by atoms with Gasteiger partial charge < -0.3 is 5.73 Å². The average molecular weight is 249 g/mol. The van der Waals surface area contributed by atoms with E-state index in [1.54, 1.807) is 0 Å². The minimum atomic E-state index is 0.519. The van der Waals surface area contributed by atoms with Crippen LogP contribution in [0, 0.1) is 0 Å². The highest BCUT2D eigenvalue weighted by Gasteiger charge is 2.31. The van der Waals surface area contributed by atoms with Gasteiger partial charge in [-0.25, -0.2) is 0 Å². The summed E-state index contributed by atoms with van der Waals surface area (Å²) in [5.41, 5.74) is 8.08. The molecule has 0 radical (unpaired) electrons. The molecule has 2 N–H and O–H groups in total. The van der Waals surface area contributed by atoms with Crippen LogP contribution in [0.25, 0.3) is 10.6 Å². The summed E-state index contributed by atoms with van der Waals surface area (Å²) in [6, 6.07) is 0. The van der Waals surface area contributed by atoms with Crippen molar-refractivity contribution in [2.45, 2.75) is 38.6 Å². The first kappa shape index (κ1) is 10.7. The fourth-order valence-electron chi connectivity index (χ4n) is 2.08. The van der Waals surface area contributed by atoms with E-state index in [4.69, 9.17) is 5.73 Å². The summed E-state index contributed by atoms with van der Waals surface area (Å²) >= 11 is 1.43. The van der Waals surface area contributed by atoms with Crippen LogP contribution in [0.4, 0.5) is 5.13 Å². The predicted octanol–water partition coefficient (Wildman–Crippen LogP) is 2.27. The number of nitrogens with zero attached hydrogens (tertiary/aromatic N) is 4. The van der Waals surface area contributed by atoms with Crippen molar-refractivity contribution in [3.8, 4) is 10.6 Å². The second-order valence-corrected chi connectivity index (χ2v) is 5.40. The number of aromatic nitrogens is 4. The predicted molar refractivity (Wildman–Crippen MR) is 67.8 cm³/mol. The highest BCUT2D eigenvalue weighted by Crippen LogP contribution is 2.45. The van der Waals surface area contributed by atoms with E-state index in [-0.39, 0.29) is 0 Å². The lowest BCUT2D eigenvalue weighted by molar-refractivity contribution is 0.575. The number of aryl methyl sites for hydroxylation is 1. The Kier molecular flexibility index (Phi) is 2.58. The monoisotopic (exact) mass is 249 g/mol. The molecule has 0 unspecified atom stereocenters. The minimum Gasteiger partial charge on any atom is -0.374 e. The molecule has 17 heavy (non-hydrogen) atoms. The summed E-state index contributed by atoms with van der Waals surface area (Å²) in [6.07, 6.45) is 5.52. The molecule has 1 aliphatic carbocycles. The van der Waals surface area contributed by atoms with Gasteiger partial charge in [0.2, 0.25) is 5.13 Å². The molecular formula is C11H15N5S. The fourth-order valence-corrected chi connectivity index (χ4v) is 2.71. The molecule has 2 heterocycles. The van der Waals surface area contributed by atoms with Gasteiger partial charge in [-0.05, 0) is 19.3 Å². The SMILES string of the molecule is CCCn1ncc(-c2nnc(N)s2)c1C1CC1. The van der Waals surface area contributed by atoms with Crippen molar-refractivity contribution in [1.82, 2.24) is 20.0 Å². The molecule has 0 aromatic carbocycles. The first-order valence-electron chi connectivity index (χ1n) is 5.94. The van der Waals surface area contributed by atoms with Gasteiger partial charge in [-0.15, -0.1) is 10.2 Å². The van der Waals surface area contributed by atoms with E-state index in [0.717, 1.165) is 23.5 Å². The lowest BCUT2D eigenvalue weighted by atomic mass is 10.2. The summed E-state index contributed by atoms with van der Waals surface area (Å²) in [5.74, 6) is 0.657. The number of nitrogens with two attached hydrogens (primary N) is 1. The minimum absolute atomic E-state index is 0.519. The normalized spacial score (nSPS) is 15.4. The Bertz CT molecular complexity index is 526. The molecule has 5 nitrogen and oxygen atoms in total. The summed E-state index contributed by atoms with van der Waals surface area (Å²) in [6.45, 7) is 3.14. The van der Waals surface area contributed by atoms with E-state index in [0.29, 0.717) is 11.0 Å². The molecule has 6 heteroatoms. The molecule has 0 saturated heterocycles. The first-order chi connectivity index (χ1) is 8.29. The topological polar surface area (TPSA) is 69.6 Å². The van der Waals surface area contributed by atoms with E-state index >= 15 is 0 Å². The second kappa shape index (κ2) is 4.10. The van der Waals surface area contributed by atoms with Gasteiger partial charge in [-0.3, -0.25) is 4.68 Å². The Morgan fingerprint density at radius 2 is 2.29 bits per heavy atom. The zero-order chi connectivity index (χ0) is 11.8. The molecule has 0 aliphatic heterocycles. The third kappa shape index (κ3) is 1.93. The van der Waals surface area contributed by atoms with Gasteiger partial charge in [-0.2, -0.15) is 5.10 Å². The van der Waals surface area contributed by atoms with Crippen LogP contribution in [0.15, 0.2) is 6.20 Å². The summed E-state index contributed by atoms with van der Waals surface area (Å²) in [5, 5.41) is 13.9. The Labute approximate surface area is 104 Å². The zero-order valence-electron chi connectivity index (χ0n) is 9.76. The third-order valence-electron chi connectivity index (χ3n) is 2.95. The Morgan fingerprint density at radius 1 is 1.47 bits per heavy atom. The average Bonchev–Trinajstić information content (AvgIpc) is 2.93. The Morgan fingerprint density at radius 3 is 2.88 bits per heavy atom. The number of rotatable bonds is 4. The highest BCUT2D eigenvalue weighted by molar-refractivity contribution is 7.18. The van der Waals surface area contributed by atoms with Crippen LogP contribution in [0.1, 0.15) is 37.8 Å². The van der Waals surface area contributed by atoms with Crippen molar-refractivity contribution in [2.75, 3.05) is 5.73 Å². The Balaban J connectivity index is 2.04. The van der Waals surface area contributed by atoms with Crippen molar-refractivity contribution in [1.29, 1.82) is 0 Å². The maximum Gasteiger partial charge on any atom is 0.203 e. The molecule has 2 aromatic rings. The second-order valence-electron chi connectivity index (χ2n) is 4.39. The third-order valence-corrected chi connectivity index (χ3v) is 3.74. The van der Waals surface area contributed by atoms with Crippen molar-refractivity contribution < 1.29 is 0 Å². The molecule has 3 rings (SSSR count). The largest absolute Gasteiger partial charge is 0.374 e. The van der Waals surface area contributed by atoms with Gasteiger partial charge in [0.25, 0.3) is 0 Å². The summed E-state index contributed by atoms with van der Waals surface area (Å²) in [7, 11) is 0. The lowest BCUT2D eigenvalue weighted by Crippen LogP contribution is -2.03. The number of hydrogen-bond donors (Lipinski definition) is 1. The molecule has 0 spiro atoms. The molecule has 90 valence electrons. The van der Waals surface area contributed by atoms with Crippen LogP contribution in [-0.4, -0.2) is 20.0 Å². The molecule has 2 aromatic heterocycles. The lowest BCUT2D eigenvalue weighted by Gasteiger charge is -2.05. The van der Waals surface area contributed by atoms with Crippen molar-refractivity contribution in [2.24, 2.45) is 0 Å².